The van der Waals surface area contributed by atoms with E-state index in [4.69, 9.17) is 4.74 Å². The van der Waals surface area contributed by atoms with Crippen molar-refractivity contribution in [2.45, 2.75) is 32.2 Å². The number of pyridine rings is 1. The van der Waals surface area contributed by atoms with Crippen LogP contribution in [0.4, 0.5) is 0 Å². The van der Waals surface area contributed by atoms with E-state index in [2.05, 4.69) is 22.4 Å². The number of carbonyl (C=O) groups is 1. The molecular weight excluding hydrogens is 300 g/mol. The number of rotatable bonds is 5. The molecule has 0 fully saturated rings. The van der Waals surface area contributed by atoms with E-state index >= 15 is 0 Å². The van der Waals surface area contributed by atoms with Gasteiger partial charge in [0.1, 0.15) is 11.4 Å². The molecule has 2 aromatic rings. The average molecular weight is 322 g/mol. The summed E-state index contributed by atoms with van der Waals surface area (Å²) in [5, 5.41) is 2.96. The number of nitrogens with one attached hydrogen (secondary N) is 1. The van der Waals surface area contributed by atoms with Gasteiger partial charge in [-0.25, -0.2) is 0 Å². The Labute approximate surface area is 142 Å². The van der Waals surface area contributed by atoms with Crippen molar-refractivity contribution >= 4 is 11.5 Å². The van der Waals surface area contributed by atoms with Crippen molar-refractivity contribution in [1.29, 1.82) is 0 Å². The number of aromatic nitrogens is 1. The third-order valence-electron chi connectivity index (χ3n) is 4.31. The first-order valence-corrected chi connectivity index (χ1v) is 8.34. The zero-order chi connectivity index (χ0) is 16.8. The number of hydrogen-bond acceptors (Lipinski definition) is 3. The largest absolute Gasteiger partial charge is 0.496 e. The highest BCUT2D eigenvalue weighted by Gasteiger charge is 2.16. The lowest BCUT2D eigenvalue weighted by atomic mass is 9.90. The van der Waals surface area contributed by atoms with Gasteiger partial charge in [0.2, 0.25) is 0 Å². The van der Waals surface area contributed by atoms with E-state index in [1.807, 2.05) is 18.2 Å². The molecule has 4 heteroatoms. The second-order valence-corrected chi connectivity index (χ2v) is 5.86. The van der Waals surface area contributed by atoms with Gasteiger partial charge >= 0.3 is 0 Å². The number of methoxy groups -OCH3 is 1. The van der Waals surface area contributed by atoms with Gasteiger partial charge in [0, 0.05) is 18.3 Å². The maximum absolute atomic E-state index is 12.3. The molecule has 0 radical (unpaired) electrons. The molecule has 1 N–H and O–H groups in total. The Balaban J connectivity index is 1.83. The quantitative estimate of drug-likeness (QED) is 0.906. The van der Waals surface area contributed by atoms with E-state index in [1.54, 1.807) is 25.4 Å². The second-order valence-electron chi connectivity index (χ2n) is 5.86. The Bertz CT molecular complexity index is 739. The Morgan fingerprint density at radius 3 is 2.83 bits per heavy atom. The van der Waals surface area contributed by atoms with Gasteiger partial charge in [0.05, 0.1) is 7.11 Å². The summed E-state index contributed by atoms with van der Waals surface area (Å²) >= 11 is 0. The molecule has 4 nitrogen and oxygen atoms in total. The molecule has 0 bridgehead atoms. The van der Waals surface area contributed by atoms with E-state index < -0.39 is 0 Å². The number of nitrogens with zero attached hydrogens (tertiary/aromatic N) is 1. The van der Waals surface area contributed by atoms with Crippen LogP contribution in [0.3, 0.4) is 0 Å². The van der Waals surface area contributed by atoms with Gasteiger partial charge in [0.25, 0.3) is 5.91 Å². The standard InChI is InChI=1S/C20H22N2O2/c1-24-19-12-7-10-16(15-8-3-2-4-9-15)17(19)14-22-20(23)18-11-5-6-13-21-18/h5-8,10-13H,2-4,9,14H2,1H3,(H,22,23). The maximum Gasteiger partial charge on any atom is 0.270 e. The molecule has 0 spiro atoms. The van der Waals surface area contributed by atoms with Crippen molar-refractivity contribution in [3.8, 4) is 5.75 Å². The van der Waals surface area contributed by atoms with Crippen LogP contribution in [-0.2, 0) is 6.54 Å². The van der Waals surface area contributed by atoms with E-state index in [1.165, 1.54) is 24.0 Å². The van der Waals surface area contributed by atoms with Crippen LogP contribution in [-0.4, -0.2) is 18.0 Å². The fourth-order valence-electron chi connectivity index (χ4n) is 3.08. The van der Waals surface area contributed by atoms with Crippen molar-refractivity contribution in [1.82, 2.24) is 10.3 Å². The first-order chi connectivity index (χ1) is 11.8. The van der Waals surface area contributed by atoms with Gasteiger partial charge in [0.15, 0.2) is 0 Å². The van der Waals surface area contributed by atoms with E-state index in [-0.39, 0.29) is 5.91 Å². The number of carbonyl (C=O) groups excluding carboxylic acids is 1. The summed E-state index contributed by atoms with van der Waals surface area (Å²) in [6.07, 6.45) is 8.58. The Morgan fingerprint density at radius 2 is 2.12 bits per heavy atom. The topological polar surface area (TPSA) is 51.2 Å². The van der Waals surface area contributed by atoms with Crippen LogP contribution in [0, 0.1) is 0 Å². The highest BCUT2D eigenvalue weighted by Crippen LogP contribution is 2.33. The van der Waals surface area contributed by atoms with Crippen LogP contribution in [0.15, 0.2) is 48.7 Å². The number of benzene rings is 1. The lowest BCUT2D eigenvalue weighted by Gasteiger charge is -2.19. The predicted octanol–water partition coefficient (Wildman–Crippen LogP) is 3.98. The minimum Gasteiger partial charge on any atom is -0.496 e. The molecule has 24 heavy (non-hydrogen) atoms. The molecule has 0 saturated carbocycles. The third kappa shape index (κ3) is 3.65. The van der Waals surface area contributed by atoms with Gasteiger partial charge in [-0.1, -0.05) is 24.3 Å². The molecule has 0 atom stereocenters. The summed E-state index contributed by atoms with van der Waals surface area (Å²) < 4.78 is 5.52. The maximum atomic E-state index is 12.3. The SMILES string of the molecule is COc1cccc(C2=CCCCC2)c1CNC(=O)c1ccccn1. The molecule has 3 rings (SSSR count). The van der Waals surface area contributed by atoms with Gasteiger partial charge in [-0.05, 0) is 55.0 Å². The summed E-state index contributed by atoms with van der Waals surface area (Å²) in [5.74, 6) is 0.630. The summed E-state index contributed by atoms with van der Waals surface area (Å²) in [6, 6.07) is 11.4. The Kier molecular flexibility index (Phi) is 5.26. The number of hydrogen-bond donors (Lipinski definition) is 1. The lowest BCUT2D eigenvalue weighted by Crippen LogP contribution is -2.24. The minimum absolute atomic E-state index is 0.176. The zero-order valence-corrected chi connectivity index (χ0v) is 13.9. The van der Waals surface area contributed by atoms with Crippen molar-refractivity contribution in [3.63, 3.8) is 0 Å². The first kappa shape index (κ1) is 16.2. The van der Waals surface area contributed by atoms with Crippen LogP contribution < -0.4 is 10.1 Å². The second kappa shape index (κ2) is 7.77. The summed E-state index contributed by atoms with van der Waals surface area (Å²) in [4.78, 5) is 16.4. The highest BCUT2D eigenvalue weighted by atomic mass is 16.5. The summed E-state index contributed by atoms with van der Waals surface area (Å²) in [5.41, 5.74) is 3.97. The van der Waals surface area contributed by atoms with Crippen LogP contribution in [0.1, 0.15) is 47.3 Å². The van der Waals surface area contributed by atoms with Gasteiger partial charge < -0.3 is 10.1 Å². The van der Waals surface area contributed by atoms with E-state index in [9.17, 15) is 4.79 Å². The van der Waals surface area contributed by atoms with Crippen LogP contribution >= 0.6 is 0 Å². The molecule has 1 aliphatic carbocycles. The van der Waals surface area contributed by atoms with Crippen molar-refractivity contribution in [3.05, 3.63) is 65.5 Å². The highest BCUT2D eigenvalue weighted by molar-refractivity contribution is 5.92. The average Bonchev–Trinajstić information content (AvgIpc) is 2.67. The number of amides is 1. The van der Waals surface area contributed by atoms with Crippen LogP contribution in [0.2, 0.25) is 0 Å². The third-order valence-corrected chi connectivity index (χ3v) is 4.31. The van der Waals surface area contributed by atoms with Gasteiger partial charge in [-0.3, -0.25) is 9.78 Å². The van der Waals surface area contributed by atoms with Crippen molar-refractivity contribution in [2.75, 3.05) is 7.11 Å². The molecule has 0 saturated heterocycles. The molecule has 1 aromatic heterocycles. The number of ether oxygens (including phenoxy) is 1. The van der Waals surface area contributed by atoms with Crippen molar-refractivity contribution in [2.24, 2.45) is 0 Å². The van der Waals surface area contributed by atoms with E-state index in [0.717, 1.165) is 24.2 Å². The fourth-order valence-corrected chi connectivity index (χ4v) is 3.08. The molecule has 1 heterocycles. The van der Waals surface area contributed by atoms with E-state index in [0.29, 0.717) is 12.2 Å². The fraction of sp³-hybridized carbons (Fsp3) is 0.300. The Morgan fingerprint density at radius 1 is 1.21 bits per heavy atom. The monoisotopic (exact) mass is 322 g/mol. The van der Waals surface area contributed by atoms with Gasteiger partial charge in [-0.2, -0.15) is 0 Å². The summed E-state index contributed by atoms with van der Waals surface area (Å²) in [7, 11) is 1.67. The molecule has 1 aromatic carbocycles. The Hall–Kier alpha value is -2.62. The molecule has 0 unspecified atom stereocenters. The van der Waals surface area contributed by atoms with Crippen LogP contribution in [0.25, 0.3) is 5.57 Å². The summed E-state index contributed by atoms with van der Waals surface area (Å²) in [6.45, 7) is 0.423. The molecular formula is C20H22N2O2. The molecule has 0 aliphatic heterocycles. The molecule has 124 valence electrons. The zero-order valence-electron chi connectivity index (χ0n) is 13.9. The van der Waals surface area contributed by atoms with Gasteiger partial charge in [-0.15, -0.1) is 0 Å². The predicted molar refractivity (Wildman–Crippen MR) is 94.8 cm³/mol. The molecule has 1 amide bonds. The smallest absolute Gasteiger partial charge is 0.270 e. The number of allylic oxidation sites excluding steroid dienone is 2. The first-order valence-electron chi connectivity index (χ1n) is 8.34. The molecule has 1 aliphatic rings. The lowest BCUT2D eigenvalue weighted by molar-refractivity contribution is 0.0945. The normalized spacial score (nSPS) is 14.0. The minimum atomic E-state index is -0.176. The van der Waals surface area contributed by atoms with Crippen molar-refractivity contribution < 1.29 is 9.53 Å². The van der Waals surface area contributed by atoms with Crippen LogP contribution in [0.5, 0.6) is 5.75 Å².